The molecular formula is C9H19NO3S. The highest BCUT2D eigenvalue weighted by atomic mass is 32.2. The second-order valence-corrected chi connectivity index (χ2v) is 6.17. The Morgan fingerprint density at radius 1 is 1.57 bits per heavy atom. The van der Waals surface area contributed by atoms with Crippen LogP contribution in [-0.4, -0.2) is 38.2 Å². The van der Waals surface area contributed by atoms with Gasteiger partial charge < -0.3 is 10.5 Å². The van der Waals surface area contributed by atoms with Crippen LogP contribution in [0.4, 0.5) is 0 Å². The maximum Gasteiger partial charge on any atom is 0.157 e. The maximum atomic E-state index is 11.9. The quantitative estimate of drug-likeness (QED) is 0.742. The first-order valence-corrected chi connectivity index (χ1v) is 6.77. The average molecular weight is 221 g/mol. The molecule has 0 amide bonds. The fraction of sp³-hybridized carbons (Fsp3) is 1.00. The van der Waals surface area contributed by atoms with E-state index in [9.17, 15) is 8.42 Å². The highest BCUT2D eigenvalue weighted by Crippen LogP contribution is 2.21. The molecule has 2 N–H and O–H groups in total. The number of nitrogens with two attached hydrogens (primary N) is 1. The topological polar surface area (TPSA) is 69.4 Å². The fourth-order valence-electron chi connectivity index (χ4n) is 1.72. The summed E-state index contributed by atoms with van der Waals surface area (Å²) in [7, 11) is -3.07. The van der Waals surface area contributed by atoms with Crippen LogP contribution in [0.25, 0.3) is 0 Å². The molecule has 0 aromatic heterocycles. The highest BCUT2D eigenvalue weighted by Gasteiger charge is 2.36. The molecule has 0 aliphatic carbocycles. The number of hydrogen-bond donors (Lipinski definition) is 1. The largest absolute Gasteiger partial charge is 0.377 e. The average Bonchev–Trinajstić information content (AvgIpc) is 2.51. The van der Waals surface area contributed by atoms with Gasteiger partial charge in [0.05, 0.1) is 17.1 Å². The Balaban J connectivity index is 2.65. The molecule has 1 aliphatic heterocycles. The van der Waals surface area contributed by atoms with Crippen LogP contribution in [0.3, 0.4) is 0 Å². The van der Waals surface area contributed by atoms with Crippen LogP contribution in [0.5, 0.6) is 0 Å². The molecule has 1 heterocycles. The van der Waals surface area contributed by atoms with E-state index in [-0.39, 0.29) is 23.1 Å². The second-order valence-electron chi connectivity index (χ2n) is 3.90. The van der Waals surface area contributed by atoms with Crippen LogP contribution in [0.2, 0.25) is 0 Å². The zero-order valence-corrected chi connectivity index (χ0v) is 9.59. The van der Waals surface area contributed by atoms with E-state index in [1.165, 1.54) is 0 Å². The second kappa shape index (κ2) is 4.59. The van der Waals surface area contributed by atoms with Crippen LogP contribution in [-0.2, 0) is 14.6 Å². The molecule has 3 unspecified atom stereocenters. The standard InChI is InChI=1S/C9H19NO3S/c1-3-8(10)6-14(11,12)9-4-5-13-7(9)2/h7-9H,3-6,10H2,1-2H3. The number of rotatable bonds is 4. The van der Waals surface area contributed by atoms with E-state index in [0.717, 1.165) is 0 Å². The molecule has 84 valence electrons. The van der Waals surface area contributed by atoms with E-state index < -0.39 is 9.84 Å². The van der Waals surface area contributed by atoms with Gasteiger partial charge in [-0.05, 0) is 19.8 Å². The Morgan fingerprint density at radius 3 is 2.64 bits per heavy atom. The fourth-order valence-corrected chi connectivity index (χ4v) is 3.92. The molecule has 1 fully saturated rings. The molecule has 5 heteroatoms. The Hall–Kier alpha value is -0.130. The van der Waals surface area contributed by atoms with Gasteiger partial charge in [-0.2, -0.15) is 0 Å². The summed E-state index contributed by atoms with van der Waals surface area (Å²) in [5.74, 6) is 0.0852. The monoisotopic (exact) mass is 221 g/mol. The molecule has 14 heavy (non-hydrogen) atoms. The normalized spacial score (nSPS) is 30.5. The smallest absolute Gasteiger partial charge is 0.157 e. The molecular weight excluding hydrogens is 202 g/mol. The Kier molecular flexibility index (Phi) is 3.92. The van der Waals surface area contributed by atoms with Gasteiger partial charge >= 0.3 is 0 Å². The molecule has 0 saturated carbocycles. The van der Waals surface area contributed by atoms with E-state index in [2.05, 4.69) is 0 Å². The van der Waals surface area contributed by atoms with E-state index in [1.807, 2.05) is 13.8 Å². The van der Waals surface area contributed by atoms with Crippen LogP contribution < -0.4 is 5.73 Å². The van der Waals surface area contributed by atoms with E-state index in [4.69, 9.17) is 10.5 Å². The lowest BCUT2D eigenvalue weighted by Crippen LogP contribution is -2.37. The van der Waals surface area contributed by atoms with Crippen LogP contribution >= 0.6 is 0 Å². The minimum atomic E-state index is -3.07. The van der Waals surface area contributed by atoms with Gasteiger partial charge in [-0.15, -0.1) is 0 Å². The summed E-state index contributed by atoms with van der Waals surface area (Å²) in [5.41, 5.74) is 5.65. The molecule has 0 bridgehead atoms. The third kappa shape index (κ3) is 2.68. The van der Waals surface area contributed by atoms with E-state index >= 15 is 0 Å². The van der Waals surface area contributed by atoms with Crippen LogP contribution in [0, 0.1) is 0 Å². The van der Waals surface area contributed by atoms with Gasteiger partial charge in [-0.3, -0.25) is 0 Å². The molecule has 4 nitrogen and oxygen atoms in total. The summed E-state index contributed by atoms with van der Waals surface area (Å²) in [6.07, 6.45) is 1.13. The number of sulfone groups is 1. The summed E-state index contributed by atoms with van der Waals surface area (Å²) >= 11 is 0. The highest BCUT2D eigenvalue weighted by molar-refractivity contribution is 7.92. The van der Waals surface area contributed by atoms with Crippen LogP contribution in [0.15, 0.2) is 0 Å². The van der Waals surface area contributed by atoms with Crippen molar-refractivity contribution in [3.63, 3.8) is 0 Å². The predicted molar refractivity (Wildman–Crippen MR) is 55.9 cm³/mol. The molecule has 0 aromatic rings. The minimum absolute atomic E-state index is 0.0852. The molecule has 3 atom stereocenters. The van der Waals surface area contributed by atoms with Crippen LogP contribution in [0.1, 0.15) is 26.7 Å². The molecule has 1 saturated heterocycles. The zero-order chi connectivity index (χ0) is 10.8. The lowest BCUT2D eigenvalue weighted by atomic mass is 10.2. The van der Waals surface area contributed by atoms with Crippen molar-refractivity contribution >= 4 is 9.84 Å². The van der Waals surface area contributed by atoms with Crippen molar-refractivity contribution in [3.8, 4) is 0 Å². The first-order chi connectivity index (χ1) is 6.47. The van der Waals surface area contributed by atoms with E-state index in [1.54, 1.807) is 0 Å². The Morgan fingerprint density at radius 2 is 2.21 bits per heavy atom. The summed E-state index contributed by atoms with van der Waals surface area (Å²) in [4.78, 5) is 0. The zero-order valence-electron chi connectivity index (χ0n) is 8.77. The SMILES string of the molecule is CCC(N)CS(=O)(=O)C1CCOC1C. The minimum Gasteiger partial charge on any atom is -0.377 e. The molecule has 1 rings (SSSR count). The third-order valence-electron chi connectivity index (χ3n) is 2.74. The molecule has 0 aromatic carbocycles. The van der Waals surface area contributed by atoms with Crippen molar-refractivity contribution in [1.29, 1.82) is 0 Å². The van der Waals surface area contributed by atoms with Crippen molar-refractivity contribution in [2.45, 2.75) is 44.1 Å². The van der Waals surface area contributed by atoms with E-state index in [0.29, 0.717) is 19.4 Å². The Bertz CT molecular complexity index is 276. The van der Waals surface area contributed by atoms with Gasteiger partial charge in [0.2, 0.25) is 0 Å². The Labute approximate surface area is 85.7 Å². The van der Waals surface area contributed by atoms with Crippen molar-refractivity contribution in [1.82, 2.24) is 0 Å². The first-order valence-electron chi connectivity index (χ1n) is 5.06. The predicted octanol–water partition coefficient (Wildman–Crippen LogP) is 0.316. The van der Waals surface area contributed by atoms with Crippen molar-refractivity contribution in [2.24, 2.45) is 5.73 Å². The maximum absolute atomic E-state index is 11.9. The molecule has 1 aliphatic rings. The summed E-state index contributed by atoms with van der Waals surface area (Å²) in [6, 6.07) is -0.243. The lowest BCUT2D eigenvalue weighted by Gasteiger charge is -2.17. The summed E-state index contributed by atoms with van der Waals surface area (Å²) in [5, 5.41) is -0.347. The van der Waals surface area contributed by atoms with Gasteiger partial charge in [0, 0.05) is 12.6 Å². The van der Waals surface area contributed by atoms with Gasteiger partial charge in [-0.1, -0.05) is 6.92 Å². The third-order valence-corrected chi connectivity index (χ3v) is 5.17. The molecule has 0 spiro atoms. The lowest BCUT2D eigenvalue weighted by molar-refractivity contribution is 0.126. The van der Waals surface area contributed by atoms with Gasteiger partial charge in [0.15, 0.2) is 9.84 Å². The molecule has 0 radical (unpaired) electrons. The van der Waals surface area contributed by atoms with Gasteiger partial charge in [-0.25, -0.2) is 8.42 Å². The van der Waals surface area contributed by atoms with Crippen molar-refractivity contribution in [2.75, 3.05) is 12.4 Å². The summed E-state index contributed by atoms with van der Waals surface area (Å²) in [6.45, 7) is 4.26. The van der Waals surface area contributed by atoms with Crippen molar-refractivity contribution in [3.05, 3.63) is 0 Å². The number of ether oxygens (including phenoxy) is 1. The van der Waals surface area contributed by atoms with Gasteiger partial charge in [0.25, 0.3) is 0 Å². The summed E-state index contributed by atoms with van der Waals surface area (Å²) < 4.78 is 29.0. The van der Waals surface area contributed by atoms with Gasteiger partial charge in [0.1, 0.15) is 0 Å². The van der Waals surface area contributed by atoms with Crippen molar-refractivity contribution < 1.29 is 13.2 Å². The number of hydrogen-bond acceptors (Lipinski definition) is 4. The first kappa shape index (κ1) is 11.9.